The summed E-state index contributed by atoms with van der Waals surface area (Å²) in [5, 5.41) is 17.3. The Morgan fingerprint density at radius 3 is 2.00 bits per heavy atom. The first-order valence-corrected chi connectivity index (χ1v) is 7.71. The number of aromatic carboxylic acids is 2. The van der Waals surface area contributed by atoms with E-state index in [0.29, 0.717) is 4.47 Å². The first-order chi connectivity index (χ1) is 11.5. The zero-order valence-corrected chi connectivity index (χ0v) is 14.9. The first kappa shape index (κ1) is 21.0. The third-order valence-corrected chi connectivity index (χ3v) is 4.03. The van der Waals surface area contributed by atoms with Gasteiger partial charge in [0.15, 0.2) is 0 Å². The van der Waals surface area contributed by atoms with E-state index in [1.54, 1.807) is 0 Å². The molecule has 0 amide bonds. The van der Waals surface area contributed by atoms with Gasteiger partial charge in [0.2, 0.25) is 0 Å². The lowest BCUT2D eigenvalue weighted by Crippen LogP contribution is -2.07. The highest BCUT2D eigenvalue weighted by atomic mass is 79.9. The van der Waals surface area contributed by atoms with Crippen LogP contribution in [0.4, 0.5) is 13.2 Å². The summed E-state index contributed by atoms with van der Waals surface area (Å²) in [6.45, 7) is 1.47. The van der Waals surface area contributed by atoms with E-state index < -0.39 is 23.7 Å². The fourth-order valence-corrected chi connectivity index (χ4v) is 2.71. The number of carboxylic acid groups (broad SMARTS) is 2. The zero-order chi connectivity index (χ0) is 19.4. The van der Waals surface area contributed by atoms with E-state index in [-0.39, 0.29) is 21.7 Å². The van der Waals surface area contributed by atoms with Crippen molar-refractivity contribution in [3.8, 4) is 0 Å². The van der Waals surface area contributed by atoms with Gasteiger partial charge < -0.3 is 10.2 Å². The number of hydrogen-bond donors (Lipinski definition) is 2. The number of halogens is 5. The third kappa shape index (κ3) is 5.47. The average molecular weight is 440 g/mol. The SMILES string of the molecule is Cc1c(C(=O)O)ccc(Br)c1C(=O)O.FC(F)(F)c1ccccc1Cl. The molecule has 9 heteroatoms. The Morgan fingerprint density at radius 1 is 1.04 bits per heavy atom. The van der Waals surface area contributed by atoms with Crippen molar-refractivity contribution in [3.63, 3.8) is 0 Å². The molecule has 0 aliphatic carbocycles. The minimum Gasteiger partial charge on any atom is -0.478 e. The van der Waals surface area contributed by atoms with Crippen LogP contribution in [-0.2, 0) is 6.18 Å². The average Bonchev–Trinajstić information content (AvgIpc) is 2.46. The first-order valence-electron chi connectivity index (χ1n) is 6.54. The van der Waals surface area contributed by atoms with Crippen molar-refractivity contribution in [1.82, 2.24) is 0 Å². The molecule has 0 aliphatic rings. The minimum absolute atomic E-state index is 0.00519. The van der Waals surface area contributed by atoms with Gasteiger partial charge in [-0.25, -0.2) is 9.59 Å². The lowest BCUT2D eigenvalue weighted by Gasteiger charge is -2.06. The van der Waals surface area contributed by atoms with Crippen molar-refractivity contribution in [3.05, 3.63) is 68.1 Å². The Kier molecular flexibility index (Phi) is 7.01. The maximum absolute atomic E-state index is 12.0. The summed E-state index contributed by atoms with van der Waals surface area (Å²) in [7, 11) is 0. The number of carbonyl (C=O) groups is 2. The lowest BCUT2D eigenvalue weighted by molar-refractivity contribution is -0.137. The summed E-state index contributed by atoms with van der Waals surface area (Å²) in [5.74, 6) is -2.27. The molecule has 0 aliphatic heterocycles. The van der Waals surface area contributed by atoms with Crippen LogP contribution in [0.15, 0.2) is 40.9 Å². The van der Waals surface area contributed by atoms with Crippen LogP contribution in [-0.4, -0.2) is 22.2 Å². The van der Waals surface area contributed by atoms with Gasteiger partial charge >= 0.3 is 18.1 Å². The van der Waals surface area contributed by atoms with E-state index in [2.05, 4.69) is 15.9 Å². The number of carboxylic acids is 2. The second kappa shape index (κ2) is 8.35. The molecule has 0 heterocycles. The standard InChI is InChI=1S/C9H7BrO4.C7H4ClF3/c1-4-5(8(11)12)2-3-6(10)7(4)9(13)14;8-6-4-2-1-3-5(6)7(9,10)11/h2-3H,1H3,(H,11,12)(H,13,14);1-4H. The van der Waals surface area contributed by atoms with Gasteiger partial charge in [-0.2, -0.15) is 13.2 Å². The predicted molar refractivity (Wildman–Crippen MR) is 89.3 cm³/mol. The van der Waals surface area contributed by atoms with Crippen LogP contribution in [0, 0.1) is 6.92 Å². The molecule has 0 saturated carbocycles. The molecule has 0 saturated heterocycles. The molecular formula is C16H11BrClF3O4. The molecule has 0 radical (unpaired) electrons. The smallest absolute Gasteiger partial charge is 0.417 e. The Labute approximate surface area is 154 Å². The molecule has 0 fully saturated rings. The Bertz CT molecular complexity index is 806. The Hall–Kier alpha value is -2.06. The van der Waals surface area contributed by atoms with Gasteiger partial charge in [-0.15, -0.1) is 0 Å². The third-order valence-electron chi connectivity index (χ3n) is 3.04. The van der Waals surface area contributed by atoms with Gasteiger partial charge in [0, 0.05) is 4.47 Å². The molecule has 2 aromatic rings. The van der Waals surface area contributed by atoms with E-state index in [1.807, 2.05) is 0 Å². The lowest BCUT2D eigenvalue weighted by atomic mass is 10.0. The Morgan fingerprint density at radius 2 is 1.60 bits per heavy atom. The van der Waals surface area contributed by atoms with E-state index in [1.165, 1.54) is 37.3 Å². The van der Waals surface area contributed by atoms with E-state index in [4.69, 9.17) is 21.8 Å². The highest BCUT2D eigenvalue weighted by Crippen LogP contribution is 2.33. The van der Waals surface area contributed by atoms with E-state index >= 15 is 0 Å². The molecule has 2 rings (SSSR count). The van der Waals surface area contributed by atoms with Gasteiger partial charge in [-0.05, 0) is 52.7 Å². The molecule has 0 spiro atoms. The summed E-state index contributed by atoms with van der Waals surface area (Å²) in [5.41, 5.74) is -0.545. The number of benzene rings is 2. The summed E-state index contributed by atoms with van der Waals surface area (Å²) < 4.78 is 36.3. The molecule has 0 unspecified atom stereocenters. The maximum atomic E-state index is 12.0. The topological polar surface area (TPSA) is 74.6 Å². The van der Waals surface area contributed by atoms with Crippen molar-refractivity contribution in [2.75, 3.05) is 0 Å². The maximum Gasteiger partial charge on any atom is 0.417 e. The van der Waals surface area contributed by atoms with Crippen molar-refractivity contribution in [2.45, 2.75) is 13.1 Å². The summed E-state index contributed by atoms with van der Waals surface area (Å²) in [6, 6.07) is 7.70. The van der Waals surface area contributed by atoms with Crippen LogP contribution in [0.3, 0.4) is 0 Å². The molecule has 0 aromatic heterocycles. The number of hydrogen-bond acceptors (Lipinski definition) is 2. The molecule has 134 valence electrons. The number of alkyl halides is 3. The normalized spacial score (nSPS) is 10.6. The van der Waals surface area contributed by atoms with Crippen LogP contribution in [0.25, 0.3) is 0 Å². The quantitative estimate of drug-likeness (QED) is 0.647. The van der Waals surface area contributed by atoms with E-state index in [0.717, 1.165) is 6.07 Å². The van der Waals surface area contributed by atoms with Crippen molar-refractivity contribution in [1.29, 1.82) is 0 Å². The molecule has 4 nitrogen and oxygen atoms in total. The minimum atomic E-state index is -4.35. The molecule has 2 aromatic carbocycles. The van der Waals surface area contributed by atoms with Gasteiger partial charge in [0.05, 0.1) is 21.7 Å². The summed E-state index contributed by atoms with van der Waals surface area (Å²) in [4.78, 5) is 21.5. The molecule has 0 atom stereocenters. The van der Waals surface area contributed by atoms with E-state index in [9.17, 15) is 22.8 Å². The second-order valence-electron chi connectivity index (χ2n) is 4.68. The van der Waals surface area contributed by atoms with Crippen LogP contribution in [0.1, 0.15) is 31.8 Å². The second-order valence-corrected chi connectivity index (χ2v) is 5.94. The van der Waals surface area contributed by atoms with Crippen LogP contribution in [0.2, 0.25) is 5.02 Å². The van der Waals surface area contributed by atoms with Crippen LogP contribution >= 0.6 is 27.5 Å². The highest BCUT2D eigenvalue weighted by molar-refractivity contribution is 9.10. The van der Waals surface area contributed by atoms with Gasteiger partial charge in [0.1, 0.15) is 0 Å². The summed E-state index contributed by atoms with van der Waals surface area (Å²) >= 11 is 8.35. The molecule has 0 bridgehead atoms. The van der Waals surface area contributed by atoms with Gasteiger partial charge in [0.25, 0.3) is 0 Å². The monoisotopic (exact) mass is 438 g/mol. The van der Waals surface area contributed by atoms with Gasteiger partial charge in [-0.3, -0.25) is 0 Å². The largest absolute Gasteiger partial charge is 0.478 e. The molecule has 2 N–H and O–H groups in total. The fourth-order valence-electron chi connectivity index (χ4n) is 1.86. The van der Waals surface area contributed by atoms with Crippen molar-refractivity contribution >= 4 is 39.5 Å². The van der Waals surface area contributed by atoms with Crippen molar-refractivity contribution < 1.29 is 33.0 Å². The Balaban J connectivity index is 0.000000257. The fraction of sp³-hybridized carbons (Fsp3) is 0.125. The van der Waals surface area contributed by atoms with Crippen LogP contribution in [0.5, 0.6) is 0 Å². The molecular weight excluding hydrogens is 429 g/mol. The zero-order valence-electron chi connectivity index (χ0n) is 12.6. The highest BCUT2D eigenvalue weighted by Gasteiger charge is 2.32. The van der Waals surface area contributed by atoms with Gasteiger partial charge in [-0.1, -0.05) is 23.7 Å². The molecule has 25 heavy (non-hydrogen) atoms. The van der Waals surface area contributed by atoms with Crippen molar-refractivity contribution in [2.24, 2.45) is 0 Å². The predicted octanol–water partition coefficient (Wildman–Crippen LogP) is 5.51. The van der Waals surface area contributed by atoms with Crippen LogP contribution < -0.4 is 0 Å². The number of rotatable bonds is 2. The summed E-state index contributed by atoms with van der Waals surface area (Å²) in [6.07, 6.45) is -4.35.